The summed E-state index contributed by atoms with van der Waals surface area (Å²) < 4.78 is 0. The minimum atomic E-state index is 0.314. The Morgan fingerprint density at radius 2 is 1.83 bits per heavy atom. The lowest BCUT2D eigenvalue weighted by Gasteiger charge is -2.25. The van der Waals surface area contributed by atoms with Crippen molar-refractivity contribution in [3.8, 4) is 0 Å². The molecule has 2 rings (SSSR count). The molecule has 1 saturated carbocycles. The van der Waals surface area contributed by atoms with Crippen LogP contribution in [0.15, 0.2) is 24.3 Å². The van der Waals surface area contributed by atoms with E-state index in [1.807, 2.05) is 0 Å². The Kier molecular flexibility index (Phi) is 5.02. The molecule has 0 amide bonds. The van der Waals surface area contributed by atoms with Gasteiger partial charge >= 0.3 is 0 Å². The molecule has 3 nitrogen and oxygen atoms in total. The summed E-state index contributed by atoms with van der Waals surface area (Å²) in [5.41, 5.74) is 8.13. The number of hydrogen-bond donors (Lipinski definition) is 2. The second-order valence-corrected chi connectivity index (χ2v) is 5.08. The molecule has 1 aliphatic rings. The van der Waals surface area contributed by atoms with E-state index < -0.39 is 0 Å². The van der Waals surface area contributed by atoms with Crippen LogP contribution < -0.4 is 10.6 Å². The Morgan fingerprint density at radius 1 is 1.11 bits per heavy atom. The fourth-order valence-electron chi connectivity index (χ4n) is 2.30. The Hall–Kier alpha value is -1.06. The first-order valence-electron chi connectivity index (χ1n) is 7.01. The van der Waals surface area contributed by atoms with E-state index >= 15 is 0 Å². The number of nitrogens with zero attached hydrogens (tertiary/aromatic N) is 1. The number of benzene rings is 1. The zero-order valence-electron chi connectivity index (χ0n) is 11.0. The summed E-state index contributed by atoms with van der Waals surface area (Å²) in [6, 6.07) is 9.36. The van der Waals surface area contributed by atoms with Crippen LogP contribution in [0.5, 0.6) is 0 Å². The molecule has 3 N–H and O–H groups in total. The summed E-state index contributed by atoms with van der Waals surface area (Å²) in [6.45, 7) is 2.03. The van der Waals surface area contributed by atoms with Crippen LogP contribution in [0.4, 0.5) is 5.69 Å². The van der Waals surface area contributed by atoms with Gasteiger partial charge in [0.25, 0.3) is 0 Å². The molecule has 18 heavy (non-hydrogen) atoms. The number of hydrogen-bond acceptors (Lipinski definition) is 3. The summed E-state index contributed by atoms with van der Waals surface area (Å²) in [4.78, 5) is 2.51. The minimum absolute atomic E-state index is 0.314. The van der Waals surface area contributed by atoms with Gasteiger partial charge in [0.05, 0.1) is 0 Å². The quantitative estimate of drug-likeness (QED) is 0.694. The average molecular weight is 248 g/mol. The third-order valence-corrected chi connectivity index (χ3v) is 3.55. The third-order valence-electron chi connectivity index (χ3n) is 3.55. The maximum Gasteiger partial charge on any atom is 0.0431 e. The van der Waals surface area contributed by atoms with Gasteiger partial charge in [-0.3, -0.25) is 0 Å². The van der Waals surface area contributed by atoms with Crippen molar-refractivity contribution in [3.63, 3.8) is 0 Å². The van der Waals surface area contributed by atoms with Gasteiger partial charge in [0.1, 0.15) is 0 Å². The summed E-state index contributed by atoms with van der Waals surface area (Å²) in [5, 5.41) is 8.80. The first-order chi connectivity index (χ1) is 8.85. The molecule has 0 unspecified atom stereocenters. The van der Waals surface area contributed by atoms with Crippen molar-refractivity contribution in [2.24, 2.45) is 5.73 Å². The Bertz CT molecular complexity index is 346. The van der Waals surface area contributed by atoms with Gasteiger partial charge in [-0.2, -0.15) is 0 Å². The normalized spacial score (nSPS) is 14.8. The number of nitrogens with two attached hydrogens (primary N) is 1. The SMILES string of the molecule is NCc1ccc(N(CCCCCO)C2CC2)cc1. The van der Waals surface area contributed by atoms with E-state index in [4.69, 9.17) is 10.8 Å². The van der Waals surface area contributed by atoms with Crippen molar-refractivity contribution in [2.75, 3.05) is 18.1 Å². The van der Waals surface area contributed by atoms with E-state index in [-0.39, 0.29) is 0 Å². The molecular formula is C15H24N2O. The summed E-state index contributed by atoms with van der Waals surface area (Å²) in [5.74, 6) is 0. The van der Waals surface area contributed by atoms with Crippen LogP contribution in [0.2, 0.25) is 0 Å². The smallest absolute Gasteiger partial charge is 0.0431 e. The molecule has 0 radical (unpaired) electrons. The van der Waals surface area contributed by atoms with E-state index in [0.717, 1.165) is 31.8 Å². The number of aliphatic hydroxyl groups excluding tert-OH is 1. The predicted molar refractivity (Wildman–Crippen MR) is 75.6 cm³/mol. The van der Waals surface area contributed by atoms with Gasteiger partial charge in [-0.05, 0) is 49.8 Å². The van der Waals surface area contributed by atoms with Gasteiger partial charge in [-0.15, -0.1) is 0 Å². The molecular weight excluding hydrogens is 224 g/mol. The van der Waals surface area contributed by atoms with Crippen LogP contribution in [0, 0.1) is 0 Å². The molecule has 0 spiro atoms. The zero-order valence-corrected chi connectivity index (χ0v) is 11.0. The van der Waals surface area contributed by atoms with Crippen molar-refractivity contribution in [3.05, 3.63) is 29.8 Å². The molecule has 100 valence electrons. The molecule has 0 bridgehead atoms. The fraction of sp³-hybridized carbons (Fsp3) is 0.600. The number of unbranched alkanes of at least 4 members (excludes halogenated alkanes) is 2. The van der Waals surface area contributed by atoms with E-state index in [1.54, 1.807) is 0 Å². The van der Waals surface area contributed by atoms with E-state index in [1.165, 1.54) is 24.1 Å². The molecule has 0 aliphatic heterocycles. The van der Waals surface area contributed by atoms with E-state index in [9.17, 15) is 0 Å². The summed E-state index contributed by atoms with van der Waals surface area (Å²) >= 11 is 0. The van der Waals surface area contributed by atoms with E-state index in [2.05, 4.69) is 29.2 Å². The fourth-order valence-corrected chi connectivity index (χ4v) is 2.30. The molecule has 0 aromatic heterocycles. The highest BCUT2D eigenvalue weighted by Crippen LogP contribution is 2.32. The second kappa shape index (κ2) is 6.76. The lowest BCUT2D eigenvalue weighted by molar-refractivity contribution is 0.283. The van der Waals surface area contributed by atoms with Gasteiger partial charge in [-0.25, -0.2) is 0 Å². The summed E-state index contributed by atoms with van der Waals surface area (Å²) in [7, 11) is 0. The van der Waals surface area contributed by atoms with Crippen molar-refractivity contribution < 1.29 is 5.11 Å². The average Bonchev–Trinajstić information content (AvgIpc) is 3.24. The lowest BCUT2D eigenvalue weighted by Crippen LogP contribution is -2.26. The highest BCUT2D eigenvalue weighted by Gasteiger charge is 2.28. The molecule has 1 aromatic carbocycles. The zero-order chi connectivity index (χ0) is 12.8. The van der Waals surface area contributed by atoms with E-state index in [0.29, 0.717) is 13.2 Å². The summed E-state index contributed by atoms with van der Waals surface area (Å²) in [6.07, 6.45) is 5.83. The number of anilines is 1. The van der Waals surface area contributed by atoms with Crippen LogP contribution in [0.25, 0.3) is 0 Å². The largest absolute Gasteiger partial charge is 0.396 e. The maximum atomic E-state index is 8.80. The highest BCUT2D eigenvalue weighted by atomic mass is 16.2. The maximum absolute atomic E-state index is 8.80. The Labute approximate surface area is 110 Å². The molecule has 0 saturated heterocycles. The molecule has 0 atom stereocenters. The van der Waals surface area contributed by atoms with Crippen molar-refractivity contribution in [1.82, 2.24) is 0 Å². The second-order valence-electron chi connectivity index (χ2n) is 5.08. The van der Waals surface area contributed by atoms with Crippen LogP contribution in [-0.2, 0) is 6.54 Å². The molecule has 1 aliphatic carbocycles. The molecule has 1 aromatic rings. The first kappa shape index (κ1) is 13.4. The third kappa shape index (κ3) is 3.72. The Balaban J connectivity index is 1.91. The number of aliphatic hydroxyl groups is 1. The van der Waals surface area contributed by atoms with Gasteiger partial charge in [0.15, 0.2) is 0 Å². The molecule has 3 heteroatoms. The van der Waals surface area contributed by atoms with Crippen molar-refractivity contribution >= 4 is 5.69 Å². The first-order valence-corrected chi connectivity index (χ1v) is 7.01. The predicted octanol–water partition coefficient (Wildman–Crippen LogP) is 2.28. The van der Waals surface area contributed by atoms with Crippen molar-refractivity contribution in [2.45, 2.75) is 44.7 Å². The monoisotopic (exact) mass is 248 g/mol. The van der Waals surface area contributed by atoms with Crippen LogP contribution >= 0.6 is 0 Å². The lowest BCUT2D eigenvalue weighted by atomic mass is 10.1. The molecule has 1 fully saturated rings. The Morgan fingerprint density at radius 3 is 2.39 bits per heavy atom. The van der Waals surface area contributed by atoms with Gasteiger partial charge in [0.2, 0.25) is 0 Å². The van der Waals surface area contributed by atoms with Gasteiger partial charge in [-0.1, -0.05) is 12.1 Å². The van der Waals surface area contributed by atoms with Gasteiger partial charge in [0, 0.05) is 31.4 Å². The van der Waals surface area contributed by atoms with Crippen molar-refractivity contribution in [1.29, 1.82) is 0 Å². The minimum Gasteiger partial charge on any atom is -0.396 e. The van der Waals surface area contributed by atoms with Crippen LogP contribution in [0.3, 0.4) is 0 Å². The highest BCUT2D eigenvalue weighted by molar-refractivity contribution is 5.49. The standard InChI is InChI=1S/C15H24N2O/c16-12-13-4-6-14(7-5-13)17(15-8-9-15)10-2-1-3-11-18/h4-7,15,18H,1-3,8-12,16H2. The van der Waals surface area contributed by atoms with Crippen LogP contribution in [0.1, 0.15) is 37.7 Å². The number of rotatable bonds is 8. The topological polar surface area (TPSA) is 49.5 Å². The van der Waals surface area contributed by atoms with Crippen LogP contribution in [-0.4, -0.2) is 24.3 Å². The molecule has 0 heterocycles. The van der Waals surface area contributed by atoms with Gasteiger partial charge < -0.3 is 15.7 Å².